The molecule has 132 valence electrons. The molecule has 0 aliphatic carbocycles. The van der Waals surface area contributed by atoms with Crippen molar-refractivity contribution in [2.75, 3.05) is 18.3 Å². The van der Waals surface area contributed by atoms with Gasteiger partial charge in [0.05, 0.1) is 7.11 Å². The van der Waals surface area contributed by atoms with E-state index in [1.165, 1.54) is 13.4 Å². The Bertz CT molecular complexity index is 902. The Morgan fingerprint density at radius 2 is 1.69 bits per heavy atom. The number of methoxy groups -OCH3 is 1. The predicted octanol–water partition coefficient (Wildman–Crippen LogP) is 2.62. The summed E-state index contributed by atoms with van der Waals surface area (Å²) in [4.78, 5) is 20.1. The number of carbonyl (C=O) groups excluding carboxylic acids is 1. The quantitative estimate of drug-likeness (QED) is 0.585. The van der Waals surface area contributed by atoms with Gasteiger partial charge in [-0.15, -0.1) is 0 Å². The maximum atomic E-state index is 12.1. The summed E-state index contributed by atoms with van der Waals surface area (Å²) in [5.41, 5.74) is 11.9. The van der Waals surface area contributed by atoms with Crippen LogP contribution in [0.4, 0.5) is 11.5 Å². The van der Waals surface area contributed by atoms with Gasteiger partial charge < -0.3 is 15.2 Å². The summed E-state index contributed by atoms with van der Waals surface area (Å²) in [5, 5.41) is 0. The van der Waals surface area contributed by atoms with Crippen molar-refractivity contribution in [2.24, 2.45) is 0 Å². The van der Waals surface area contributed by atoms with E-state index in [2.05, 4.69) is 20.8 Å². The lowest BCUT2D eigenvalue weighted by atomic mass is 10.2. The molecule has 8 heteroatoms. The van der Waals surface area contributed by atoms with E-state index < -0.39 is 0 Å². The minimum Gasteiger partial charge on any atom is -0.493 e. The summed E-state index contributed by atoms with van der Waals surface area (Å²) in [7, 11) is 1.54. The number of nitrogen functional groups attached to an aromatic ring is 1. The number of hydrogen-bond acceptors (Lipinski definition) is 7. The number of ether oxygens (including phenoxy) is 2. The second kappa shape index (κ2) is 7.84. The number of aromatic nitrogens is 2. The molecule has 0 bridgehead atoms. The summed E-state index contributed by atoms with van der Waals surface area (Å²) in [6, 6.07) is 15.9. The molecule has 8 nitrogen and oxygen atoms in total. The van der Waals surface area contributed by atoms with Gasteiger partial charge in [-0.25, -0.2) is 4.98 Å². The van der Waals surface area contributed by atoms with Crippen LogP contribution >= 0.6 is 0 Å². The Labute approximate surface area is 150 Å². The first-order valence-electron chi connectivity index (χ1n) is 7.72. The van der Waals surface area contributed by atoms with Crippen LogP contribution in [0.5, 0.6) is 17.4 Å². The molecule has 1 heterocycles. The van der Waals surface area contributed by atoms with Crippen molar-refractivity contribution in [3.05, 3.63) is 66.5 Å². The lowest BCUT2D eigenvalue weighted by Crippen LogP contribution is -2.30. The standard InChI is InChI=1S/C18H17N5O3/c1-25-13-9-5-6-10-14(13)26-18-15(19)16(20-11-21-18)22-23-17(24)12-7-3-2-4-8-12/h2-11H,19H2,1H3,(H,23,24)(H,20,21,22). The largest absolute Gasteiger partial charge is 0.493 e. The fraction of sp³-hybridized carbons (Fsp3) is 0.0556. The number of nitrogens with two attached hydrogens (primary N) is 1. The molecule has 4 N–H and O–H groups in total. The summed E-state index contributed by atoms with van der Waals surface area (Å²) in [6.07, 6.45) is 1.28. The highest BCUT2D eigenvalue weighted by atomic mass is 16.5. The van der Waals surface area contributed by atoms with Crippen molar-refractivity contribution < 1.29 is 14.3 Å². The number of para-hydroxylation sites is 2. The Kier molecular flexibility index (Phi) is 5.14. The number of rotatable bonds is 6. The van der Waals surface area contributed by atoms with Crippen LogP contribution in [0.3, 0.4) is 0 Å². The van der Waals surface area contributed by atoms with Gasteiger partial charge >= 0.3 is 0 Å². The molecule has 0 radical (unpaired) electrons. The van der Waals surface area contributed by atoms with Crippen LogP contribution in [0.2, 0.25) is 0 Å². The zero-order chi connectivity index (χ0) is 18.4. The maximum Gasteiger partial charge on any atom is 0.269 e. The molecule has 0 fully saturated rings. The van der Waals surface area contributed by atoms with Crippen LogP contribution in [-0.4, -0.2) is 23.0 Å². The highest BCUT2D eigenvalue weighted by Gasteiger charge is 2.13. The highest BCUT2D eigenvalue weighted by Crippen LogP contribution is 2.34. The molecular formula is C18H17N5O3. The SMILES string of the molecule is COc1ccccc1Oc1ncnc(NNC(=O)c2ccccc2)c1N. The molecule has 26 heavy (non-hydrogen) atoms. The topological polar surface area (TPSA) is 111 Å². The molecule has 0 unspecified atom stereocenters. The number of nitrogens with zero attached hydrogens (tertiary/aromatic N) is 2. The number of anilines is 2. The van der Waals surface area contributed by atoms with Gasteiger partial charge in [0.2, 0.25) is 5.88 Å². The monoisotopic (exact) mass is 351 g/mol. The Hall–Kier alpha value is -3.81. The van der Waals surface area contributed by atoms with E-state index >= 15 is 0 Å². The van der Waals surface area contributed by atoms with Crippen molar-refractivity contribution in [1.82, 2.24) is 15.4 Å². The van der Waals surface area contributed by atoms with Crippen LogP contribution < -0.4 is 26.1 Å². The lowest BCUT2D eigenvalue weighted by Gasteiger charge is -2.13. The van der Waals surface area contributed by atoms with Gasteiger partial charge in [0, 0.05) is 5.56 Å². The molecule has 0 spiro atoms. The van der Waals surface area contributed by atoms with Crippen molar-refractivity contribution >= 4 is 17.4 Å². The molecule has 2 aromatic carbocycles. The zero-order valence-electron chi connectivity index (χ0n) is 14.0. The number of hydrazine groups is 1. The lowest BCUT2D eigenvalue weighted by molar-refractivity contribution is 0.0962. The summed E-state index contributed by atoms with van der Waals surface area (Å²) < 4.78 is 10.9. The number of amides is 1. The van der Waals surface area contributed by atoms with E-state index in [9.17, 15) is 4.79 Å². The van der Waals surface area contributed by atoms with Gasteiger partial charge in [-0.3, -0.25) is 15.6 Å². The predicted molar refractivity (Wildman–Crippen MR) is 97.0 cm³/mol. The average molecular weight is 351 g/mol. The number of hydrogen-bond donors (Lipinski definition) is 3. The Balaban J connectivity index is 1.74. The Morgan fingerprint density at radius 1 is 1.00 bits per heavy atom. The van der Waals surface area contributed by atoms with Crippen LogP contribution in [0.25, 0.3) is 0 Å². The number of benzene rings is 2. The van der Waals surface area contributed by atoms with Gasteiger partial charge in [0.15, 0.2) is 17.3 Å². The fourth-order valence-corrected chi connectivity index (χ4v) is 2.15. The first-order valence-corrected chi connectivity index (χ1v) is 7.72. The highest BCUT2D eigenvalue weighted by molar-refractivity contribution is 5.95. The van der Waals surface area contributed by atoms with Gasteiger partial charge in [-0.1, -0.05) is 30.3 Å². The fourth-order valence-electron chi connectivity index (χ4n) is 2.15. The molecule has 1 amide bonds. The van der Waals surface area contributed by atoms with Crippen molar-refractivity contribution in [1.29, 1.82) is 0 Å². The second-order valence-corrected chi connectivity index (χ2v) is 5.14. The van der Waals surface area contributed by atoms with E-state index in [4.69, 9.17) is 15.2 Å². The minimum atomic E-state index is -0.323. The first kappa shape index (κ1) is 17.0. The third-order valence-electron chi connectivity index (χ3n) is 3.45. The van der Waals surface area contributed by atoms with E-state index in [1.807, 2.05) is 12.1 Å². The minimum absolute atomic E-state index is 0.140. The summed E-state index contributed by atoms with van der Waals surface area (Å²) in [5.74, 6) is 1.03. The van der Waals surface area contributed by atoms with Crippen LogP contribution in [0, 0.1) is 0 Å². The maximum absolute atomic E-state index is 12.1. The van der Waals surface area contributed by atoms with Gasteiger partial charge in [-0.05, 0) is 24.3 Å². The molecule has 0 aliphatic rings. The van der Waals surface area contributed by atoms with Crippen LogP contribution in [0.1, 0.15) is 10.4 Å². The summed E-state index contributed by atoms with van der Waals surface area (Å²) >= 11 is 0. The molecular weight excluding hydrogens is 334 g/mol. The molecule has 0 aliphatic heterocycles. The van der Waals surface area contributed by atoms with Crippen molar-refractivity contribution in [3.8, 4) is 17.4 Å². The number of nitrogens with one attached hydrogen (secondary N) is 2. The van der Waals surface area contributed by atoms with Gasteiger partial charge in [0.1, 0.15) is 12.0 Å². The van der Waals surface area contributed by atoms with Crippen molar-refractivity contribution in [2.45, 2.75) is 0 Å². The molecule has 0 saturated carbocycles. The molecule has 3 aromatic rings. The third kappa shape index (κ3) is 3.81. The molecule has 3 rings (SSSR count). The summed E-state index contributed by atoms with van der Waals surface area (Å²) in [6.45, 7) is 0. The molecule has 0 atom stereocenters. The third-order valence-corrected chi connectivity index (χ3v) is 3.45. The normalized spacial score (nSPS) is 10.0. The second-order valence-electron chi connectivity index (χ2n) is 5.14. The smallest absolute Gasteiger partial charge is 0.269 e. The molecule has 0 saturated heterocycles. The average Bonchev–Trinajstić information content (AvgIpc) is 2.69. The molecule has 1 aromatic heterocycles. The first-order chi connectivity index (χ1) is 12.7. The Morgan fingerprint density at radius 3 is 2.42 bits per heavy atom. The van der Waals surface area contributed by atoms with Crippen LogP contribution in [-0.2, 0) is 0 Å². The van der Waals surface area contributed by atoms with Crippen LogP contribution in [0.15, 0.2) is 60.9 Å². The van der Waals surface area contributed by atoms with E-state index in [-0.39, 0.29) is 23.3 Å². The number of carbonyl (C=O) groups is 1. The van der Waals surface area contributed by atoms with Gasteiger partial charge in [0.25, 0.3) is 5.91 Å². The van der Waals surface area contributed by atoms with E-state index in [1.54, 1.807) is 42.5 Å². The zero-order valence-corrected chi connectivity index (χ0v) is 14.0. The van der Waals surface area contributed by atoms with E-state index in [0.29, 0.717) is 17.1 Å². The van der Waals surface area contributed by atoms with Crippen molar-refractivity contribution in [3.63, 3.8) is 0 Å². The van der Waals surface area contributed by atoms with Gasteiger partial charge in [-0.2, -0.15) is 4.98 Å². The van der Waals surface area contributed by atoms with E-state index in [0.717, 1.165) is 0 Å².